The van der Waals surface area contributed by atoms with E-state index in [0.717, 1.165) is 45.4 Å². The van der Waals surface area contributed by atoms with Gasteiger partial charge in [-0.15, -0.1) is 12.4 Å². The van der Waals surface area contributed by atoms with Gasteiger partial charge in [0.2, 0.25) is 0 Å². The lowest BCUT2D eigenvalue weighted by atomic mass is 10.1. The van der Waals surface area contributed by atoms with Gasteiger partial charge in [0.1, 0.15) is 18.2 Å². The van der Waals surface area contributed by atoms with Crippen molar-refractivity contribution in [3.8, 4) is 5.75 Å². The normalized spacial score (nSPS) is 21.4. The fraction of sp³-hybridized carbons (Fsp3) is 0.500. The van der Waals surface area contributed by atoms with Crippen LogP contribution >= 0.6 is 12.4 Å². The number of amides is 1. The molecule has 1 aromatic heterocycles. The van der Waals surface area contributed by atoms with Crippen LogP contribution in [0, 0.1) is 5.82 Å². The smallest absolute Gasteiger partial charge is 0.276 e. The minimum Gasteiger partial charge on any atom is -0.489 e. The van der Waals surface area contributed by atoms with Crippen molar-refractivity contribution in [2.75, 3.05) is 31.6 Å². The van der Waals surface area contributed by atoms with Gasteiger partial charge in [0, 0.05) is 25.4 Å². The Labute approximate surface area is 175 Å². The maximum Gasteiger partial charge on any atom is 0.276 e. The number of carbonyl (C=O) groups excluding carboxylic acids is 1. The van der Waals surface area contributed by atoms with Gasteiger partial charge in [-0.05, 0) is 50.4 Å². The van der Waals surface area contributed by atoms with E-state index in [4.69, 9.17) is 9.47 Å². The zero-order chi connectivity index (χ0) is 19.3. The molecule has 2 N–H and O–H groups in total. The molecular formula is C20H26ClFN4O3. The molecule has 0 saturated carbocycles. The van der Waals surface area contributed by atoms with Crippen LogP contribution in [0.4, 0.5) is 10.1 Å². The van der Waals surface area contributed by atoms with Gasteiger partial charge < -0.3 is 20.1 Å². The van der Waals surface area contributed by atoms with Gasteiger partial charge in [-0.25, -0.2) is 4.39 Å². The summed E-state index contributed by atoms with van der Waals surface area (Å²) in [6.07, 6.45) is 5.92. The van der Waals surface area contributed by atoms with Gasteiger partial charge in [0.25, 0.3) is 5.91 Å². The molecule has 9 heteroatoms. The Morgan fingerprint density at radius 1 is 1.34 bits per heavy atom. The van der Waals surface area contributed by atoms with Crippen LogP contribution < -0.4 is 15.4 Å². The third kappa shape index (κ3) is 5.46. The monoisotopic (exact) mass is 424 g/mol. The average Bonchev–Trinajstić information content (AvgIpc) is 3.40. The Morgan fingerprint density at radius 3 is 3.00 bits per heavy atom. The van der Waals surface area contributed by atoms with Crippen molar-refractivity contribution in [2.24, 2.45) is 0 Å². The van der Waals surface area contributed by atoms with Crippen LogP contribution in [0.2, 0.25) is 0 Å². The number of nitrogens with one attached hydrogen (secondary N) is 2. The highest BCUT2D eigenvalue weighted by Gasteiger charge is 2.20. The number of benzene rings is 1. The van der Waals surface area contributed by atoms with Gasteiger partial charge in [0.05, 0.1) is 17.8 Å². The summed E-state index contributed by atoms with van der Waals surface area (Å²) in [6, 6.07) is 6.01. The summed E-state index contributed by atoms with van der Waals surface area (Å²) in [5, 5.41) is 10.5. The van der Waals surface area contributed by atoms with Crippen LogP contribution in [0.15, 0.2) is 30.5 Å². The first kappa shape index (κ1) is 21.5. The maximum absolute atomic E-state index is 13.7. The molecular weight excluding hydrogens is 399 g/mol. The number of halogens is 2. The Morgan fingerprint density at radius 2 is 2.24 bits per heavy atom. The highest BCUT2D eigenvalue weighted by Crippen LogP contribution is 2.27. The summed E-state index contributed by atoms with van der Waals surface area (Å²) >= 11 is 0. The molecule has 2 unspecified atom stereocenters. The second kappa shape index (κ2) is 10.0. The lowest BCUT2D eigenvalue weighted by Crippen LogP contribution is -2.32. The van der Waals surface area contributed by atoms with E-state index in [0.29, 0.717) is 18.1 Å². The van der Waals surface area contributed by atoms with Crippen LogP contribution in [0.25, 0.3) is 0 Å². The number of hydrogen-bond acceptors (Lipinski definition) is 5. The van der Waals surface area contributed by atoms with Gasteiger partial charge >= 0.3 is 0 Å². The van der Waals surface area contributed by atoms with E-state index in [9.17, 15) is 9.18 Å². The Balaban J connectivity index is 0.00000240. The fourth-order valence-corrected chi connectivity index (χ4v) is 3.59. The molecule has 3 heterocycles. The number of aromatic nitrogens is 2. The Hall–Kier alpha value is -2.16. The molecule has 0 aliphatic carbocycles. The second-order valence-electron chi connectivity index (χ2n) is 7.22. The van der Waals surface area contributed by atoms with Crippen molar-refractivity contribution in [3.63, 3.8) is 0 Å². The predicted molar refractivity (Wildman–Crippen MR) is 109 cm³/mol. The molecule has 2 fully saturated rings. The molecule has 2 aromatic rings. The minimum absolute atomic E-state index is 0. The highest BCUT2D eigenvalue weighted by molar-refractivity contribution is 6.03. The quantitative estimate of drug-likeness (QED) is 0.744. The molecule has 0 radical (unpaired) electrons. The van der Waals surface area contributed by atoms with Gasteiger partial charge in [-0.3, -0.25) is 9.48 Å². The van der Waals surface area contributed by atoms with Crippen LogP contribution in [-0.4, -0.2) is 48.1 Å². The number of ether oxygens (including phenoxy) is 2. The van der Waals surface area contributed by atoms with E-state index in [1.807, 2.05) is 10.9 Å². The molecule has 158 valence electrons. The number of piperidine rings is 1. The topological polar surface area (TPSA) is 77.4 Å². The van der Waals surface area contributed by atoms with Crippen molar-refractivity contribution in [2.45, 2.75) is 37.8 Å². The summed E-state index contributed by atoms with van der Waals surface area (Å²) in [4.78, 5) is 12.6. The standard InChI is InChI=1S/C20H25FN4O3.ClH/c21-14-5-6-19(28-13-16-4-2-10-27-16)18(11-14)23-20(26)17-7-9-25(24-17)15-3-1-8-22-12-15;/h5-7,9,11,15-16,22H,1-4,8,10,12-13H2,(H,23,26);1H. The van der Waals surface area contributed by atoms with Crippen LogP contribution in [0.1, 0.15) is 42.2 Å². The number of hydrogen-bond donors (Lipinski definition) is 2. The number of rotatable bonds is 6. The van der Waals surface area contributed by atoms with E-state index in [2.05, 4.69) is 15.7 Å². The average molecular weight is 425 g/mol. The lowest BCUT2D eigenvalue weighted by Gasteiger charge is -2.22. The van der Waals surface area contributed by atoms with Crippen molar-refractivity contribution in [1.82, 2.24) is 15.1 Å². The number of anilines is 1. The zero-order valence-corrected chi connectivity index (χ0v) is 16.9. The summed E-state index contributed by atoms with van der Waals surface area (Å²) in [6.45, 7) is 2.96. The van der Waals surface area contributed by atoms with Gasteiger partial charge in [0.15, 0.2) is 5.69 Å². The van der Waals surface area contributed by atoms with Gasteiger partial charge in [-0.1, -0.05) is 0 Å². The molecule has 1 amide bonds. The Kier molecular flexibility index (Phi) is 7.46. The summed E-state index contributed by atoms with van der Waals surface area (Å²) in [7, 11) is 0. The third-order valence-electron chi connectivity index (χ3n) is 5.12. The first-order valence-corrected chi connectivity index (χ1v) is 9.80. The second-order valence-corrected chi connectivity index (χ2v) is 7.22. The SMILES string of the molecule is Cl.O=C(Nc1cc(F)ccc1OCC1CCCO1)c1ccn(C2CCCNC2)n1. The molecule has 0 bridgehead atoms. The molecule has 0 spiro atoms. The first-order valence-electron chi connectivity index (χ1n) is 9.80. The van der Waals surface area contributed by atoms with Crippen LogP contribution in [0.5, 0.6) is 5.75 Å². The zero-order valence-electron chi connectivity index (χ0n) is 16.1. The number of carbonyl (C=O) groups is 1. The third-order valence-corrected chi connectivity index (χ3v) is 5.12. The van der Waals surface area contributed by atoms with E-state index in [-0.39, 0.29) is 30.2 Å². The van der Waals surface area contributed by atoms with E-state index in [1.165, 1.54) is 18.2 Å². The fourth-order valence-electron chi connectivity index (χ4n) is 3.59. The van der Waals surface area contributed by atoms with Crippen molar-refractivity contribution in [3.05, 3.63) is 42.0 Å². The van der Waals surface area contributed by atoms with E-state index >= 15 is 0 Å². The van der Waals surface area contributed by atoms with Crippen molar-refractivity contribution < 1.29 is 18.7 Å². The molecule has 4 rings (SSSR count). The van der Waals surface area contributed by atoms with Crippen LogP contribution in [0.3, 0.4) is 0 Å². The largest absolute Gasteiger partial charge is 0.489 e. The molecule has 1 aromatic carbocycles. The predicted octanol–water partition coefficient (Wildman–Crippen LogP) is 3.18. The molecule has 29 heavy (non-hydrogen) atoms. The summed E-state index contributed by atoms with van der Waals surface area (Å²) < 4.78 is 26.9. The molecule has 7 nitrogen and oxygen atoms in total. The first-order chi connectivity index (χ1) is 13.7. The minimum atomic E-state index is -0.446. The van der Waals surface area contributed by atoms with E-state index < -0.39 is 11.7 Å². The van der Waals surface area contributed by atoms with Crippen LogP contribution in [-0.2, 0) is 4.74 Å². The molecule has 2 saturated heterocycles. The molecule has 2 aliphatic heterocycles. The lowest BCUT2D eigenvalue weighted by molar-refractivity contribution is 0.0681. The molecule has 2 aliphatic rings. The number of nitrogens with zero attached hydrogens (tertiary/aromatic N) is 2. The summed E-state index contributed by atoms with van der Waals surface area (Å²) in [5.74, 6) is -0.421. The maximum atomic E-state index is 13.7. The van der Waals surface area contributed by atoms with E-state index in [1.54, 1.807) is 6.07 Å². The van der Waals surface area contributed by atoms with Crippen molar-refractivity contribution in [1.29, 1.82) is 0 Å². The van der Waals surface area contributed by atoms with Gasteiger partial charge in [-0.2, -0.15) is 5.10 Å². The summed E-state index contributed by atoms with van der Waals surface area (Å²) in [5.41, 5.74) is 0.580. The Bertz CT molecular complexity index is 820. The molecule has 2 atom stereocenters. The van der Waals surface area contributed by atoms with Crippen molar-refractivity contribution >= 4 is 24.0 Å². The highest BCUT2D eigenvalue weighted by atomic mass is 35.5.